The Morgan fingerprint density at radius 3 is 2.60 bits per heavy atom. The molecular weight excluding hydrogens is 182 g/mol. The fourth-order valence-corrected chi connectivity index (χ4v) is 2.05. The van der Waals surface area contributed by atoms with E-state index in [0.717, 1.165) is 19.5 Å². The van der Waals surface area contributed by atoms with Crippen LogP contribution in [0.3, 0.4) is 0 Å². The van der Waals surface area contributed by atoms with Gasteiger partial charge in [0.2, 0.25) is 0 Å². The van der Waals surface area contributed by atoms with E-state index in [9.17, 15) is 0 Å². The standard InChI is InChI=1S/C14H18N/c1-2-10-15-11-8-14(9-12-15)13-6-4-3-5-7-13/h3-8H,1-2,9-12H2. The summed E-state index contributed by atoms with van der Waals surface area (Å²) in [5.74, 6) is 0. The van der Waals surface area contributed by atoms with Crippen molar-refractivity contribution in [2.75, 3.05) is 19.6 Å². The van der Waals surface area contributed by atoms with Gasteiger partial charge in [0.1, 0.15) is 0 Å². The van der Waals surface area contributed by atoms with Crippen LogP contribution in [0.4, 0.5) is 0 Å². The lowest BCUT2D eigenvalue weighted by molar-refractivity contribution is 0.307. The highest BCUT2D eigenvalue weighted by atomic mass is 15.1. The van der Waals surface area contributed by atoms with Gasteiger partial charge in [0.15, 0.2) is 0 Å². The van der Waals surface area contributed by atoms with Gasteiger partial charge in [-0.05, 0) is 30.5 Å². The molecule has 0 fully saturated rings. The third kappa shape index (κ3) is 2.69. The summed E-state index contributed by atoms with van der Waals surface area (Å²) in [6, 6.07) is 10.7. The smallest absolute Gasteiger partial charge is 0.0169 e. The summed E-state index contributed by atoms with van der Waals surface area (Å²) in [7, 11) is 0. The minimum Gasteiger partial charge on any atom is -0.299 e. The third-order valence-corrected chi connectivity index (χ3v) is 2.91. The van der Waals surface area contributed by atoms with Gasteiger partial charge in [-0.1, -0.05) is 43.3 Å². The summed E-state index contributed by atoms with van der Waals surface area (Å²) < 4.78 is 0. The van der Waals surface area contributed by atoms with Crippen molar-refractivity contribution in [1.29, 1.82) is 0 Å². The molecule has 1 radical (unpaired) electrons. The molecule has 1 heteroatoms. The van der Waals surface area contributed by atoms with Gasteiger partial charge in [-0.3, -0.25) is 4.90 Å². The molecule has 0 bridgehead atoms. The molecule has 0 aromatic heterocycles. The van der Waals surface area contributed by atoms with Crippen LogP contribution in [0.1, 0.15) is 18.4 Å². The minimum atomic E-state index is 1.01. The van der Waals surface area contributed by atoms with Gasteiger partial charge < -0.3 is 0 Å². The van der Waals surface area contributed by atoms with E-state index in [2.05, 4.69) is 48.2 Å². The number of hydrogen-bond donors (Lipinski definition) is 0. The Morgan fingerprint density at radius 2 is 2.00 bits per heavy atom. The third-order valence-electron chi connectivity index (χ3n) is 2.91. The molecule has 1 aromatic carbocycles. The first-order valence-electron chi connectivity index (χ1n) is 5.66. The fourth-order valence-electron chi connectivity index (χ4n) is 2.05. The molecule has 1 heterocycles. The molecule has 1 aliphatic heterocycles. The van der Waals surface area contributed by atoms with Crippen LogP contribution >= 0.6 is 0 Å². The Balaban J connectivity index is 2.02. The predicted molar refractivity (Wildman–Crippen MR) is 65.5 cm³/mol. The molecule has 1 aliphatic rings. The van der Waals surface area contributed by atoms with Gasteiger partial charge in [0.25, 0.3) is 0 Å². The van der Waals surface area contributed by atoms with Crippen molar-refractivity contribution in [3.8, 4) is 0 Å². The highest BCUT2D eigenvalue weighted by molar-refractivity contribution is 5.66. The first kappa shape index (κ1) is 10.4. The zero-order chi connectivity index (χ0) is 10.5. The van der Waals surface area contributed by atoms with E-state index in [0.29, 0.717) is 0 Å². The molecule has 0 unspecified atom stereocenters. The maximum atomic E-state index is 3.89. The topological polar surface area (TPSA) is 3.24 Å². The van der Waals surface area contributed by atoms with E-state index in [-0.39, 0.29) is 0 Å². The van der Waals surface area contributed by atoms with Gasteiger partial charge in [0, 0.05) is 13.1 Å². The molecule has 0 spiro atoms. The van der Waals surface area contributed by atoms with E-state index < -0.39 is 0 Å². The average Bonchev–Trinajstić information content (AvgIpc) is 2.32. The number of nitrogens with zero attached hydrogens (tertiary/aromatic N) is 1. The van der Waals surface area contributed by atoms with E-state index in [1.54, 1.807) is 0 Å². The lowest BCUT2D eigenvalue weighted by Gasteiger charge is -2.25. The van der Waals surface area contributed by atoms with Gasteiger partial charge in [-0.25, -0.2) is 0 Å². The highest BCUT2D eigenvalue weighted by Gasteiger charge is 2.11. The van der Waals surface area contributed by atoms with Crippen LogP contribution in [0.2, 0.25) is 0 Å². The van der Waals surface area contributed by atoms with E-state index in [1.807, 2.05) is 0 Å². The maximum Gasteiger partial charge on any atom is 0.0169 e. The molecule has 1 nitrogen and oxygen atoms in total. The first-order valence-corrected chi connectivity index (χ1v) is 5.66. The summed E-state index contributed by atoms with van der Waals surface area (Å²) in [5.41, 5.74) is 2.88. The van der Waals surface area contributed by atoms with Crippen LogP contribution in [-0.4, -0.2) is 24.5 Å². The van der Waals surface area contributed by atoms with Crippen molar-refractivity contribution in [2.45, 2.75) is 12.8 Å². The Hall–Kier alpha value is -1.08. The first-order chi connectivity index (χ1) is 7.40. The summed E-state index contributed by atoms with van der Waals surface area (Å²) in [5, 5.41) is 0. The van der Waals surface area contributed by atoms with Gasteiger partial charge in [-0.2, -0.15) is 0 Å². The second-order valence-electron chi connectivity index (χ2n) is 4.00. The predicted octanol–water partition coefficient (Wildman–Crippen LogP) is 3.00. The summed E-state index contributed by atoms with van der Waals surface area (Å²) in [6.07, 6.45) is 4.53. The molecular formula is C14H18N. The van der Waals surface area contributed by atoms with Crippen molar-refractivity contribution in [2.24, 2.45) is 0 Å². The molecule has 0 aliphatic carbocycles. The Labute approximate surface area is 92.4 Å². The molecule has 0 amide bonds. The average molecular weight is 200 g/mol. The van der Waals surface area contributed by atoms with E-state index >= 15 is 0 Å². The molecule has 2 rings (SSSR count). The second-order valence-corrected chi connectivity index (χ2v) is 4.00. The summed E-state index contributed by atoms with van der Waals surface area (Å²) in [6.45, 7) is 7.28. The maximum absolute atomic E-state index is 3.89. The van der Waals surface area contributed by atoms with Crippen molar-refractivity contribution in [1.82, 2.24) is 4.90 Å². The van der Waals surface area contributed by atoms with Gasteiger partial charge in [-0.15, -0.1) is 0 Å². The van der Waals surface area contributed by atoms with Crippen LogP contribution < -0.4 is 0 Å². The van der Waals surface area contributed by atoms with Crippen LogP contribution in [0.25, 0.3) is 5.57 Å². The number of benzene rings is 1. The highest BCUT2D eigenvalue weighted by Crippen LogP contribution is 2.21. The molecule has 1 aromatic rings. The van der Waals surface area contributed by atoms with Crippen molar-refractivity contribution in [3.05, 3.63) is 48.9 Å². The summed E-state index contributed by atoms with van der Waals surface area (Å²) in [4.78, 5) is 2.46. The van der Waals surface area contributed by atoms with Gasteiger partial charge in [0.05, 0.1) is 0 Å². The molecule has 0 saturated carbocycles. The monoisotopic (exact) mass is 200 g/mol. The van der Waals surface area contributed by atoms with Gasteiger partial charge >= 0.3 is 0 Å². The Morgan fingerprint density at radius 1 is 1.20 bits per heavy atom. The van der Waals surface area contributed by atoms with Crippen molar-refractivity contribution < 1.29 is 0 Å². The van der Waals surface area contributed by atoms with Crippen LogP contribution in [-0.2, 0) is 0 Å². The quantitative estimate of drug-likeness (QED) is 0.725. The molecule has 0 atom stereocenters. The summed E-state index contributed by atoms with van der Waals surface area (Å²) >= 11 is 0. The zero-order valence-corrected chi connectivity index (χ0v) is 9.15. The van der Waals surface area contributed by atoms with Crippen molar-refractivity contribution in [3.63, 3.8) is 0 Å². The Kier molecular flexibility index (Phi) is 3.57. The minimum absolute atomic E-state index is 1.01. The molecule has 15 heavy (non-hydrogen) atoms. The molecule has 0 N–H and O–H groups in total. The van der Waals surface area contributed by atoms with Crippen LogP contribution in [0, 0.1) is 6.92 Å². The number of rotatable bonds is 3. The van der Waals surface area contributed by atoms with Crippen LogP contribution in [0.15, 0.2) is 36.4 Å². The molecule has 0 saturated heterocycles. The zero-order valence-electron chi connectivity index (χ0n) is 9.15. The SMILES string of the molecule is [CH2]CCN1CC=C(c2ccccc2)CC1. The number of hydrogen-bond acceptors (Lipinski definition) is 1. The second kappa shape index (κ2) is 5.13. The van der Waals surface area contributed by atoms with Crippen molar-refractivity contribution >= 4 is 5.57 Å². The van der Waals surface area contributed by atoms with E-state index in [4.69, 9.17) is 0 Å². The lowest BCUT2D eigenvalue weighted by Crippen LogP contribution is -2.29. The normalized spacial score (nSPS) is 17.5. The molecule has 79 valence electrons. The largest absolute Gasteiger partial charge is 0.299 e. The Bertz CT molecular complexity index is 326. The van der Waals surface area contributed by atoms with Crippen LogP contribution in [0.5, 0.6) is 0 Å². The fraction of sp³-hybridized carbons (Fsp3) is 0.357. The lowest BCUT2D eigenvalue weighted by atomic mass is 9.99. The van der Waals surface area contributed by atoms with E-state index in [1.165, 1.54) is 24.1 Å².